The SMILES string of the molecule is Fc1cnc(=S)[nH]c1-c1ccc(SC(F)F)cc1. The Morgan fingerprint density at radius 1 is 1.22 bits per heavy atom. The fourth-order valence-electron chi connectivity index (χ4n) is 1.39. The molecule has 2 aromatic rings. The average molecular weight is 288 g/mol. The third-order valence-electron chi connectivity index (χ3n) is 2.13. The molecule has 0 spiro atoms. The van der Waals surface area contributed by atoms with E-state index in [0.29, 0.717) is 22.2 Å². The Labute approximate surface area is 110 Å². The summed E-state index contributed by atoms with van der Waals surface area (Å²) in [6, 6.07) is 6.11. The Kier molecular flexibility index (Phi) is 4.03. The number of H-pyrrole nitrogens is 1. The van der Waals surface area contributed by atoms with Crippen molar-refractivity contribution in [2.45, 2.75) is 10.7 Å². The number of hydrogen-bond acceptors (Lipinski definition) is 3. The second-order valence-electron chi connectivity index (χ2n) is 3.31. The van der Waals surface area contributed by atoms with E-state index in [1.807, 2.05) is 0 Å². The summed E-state index contributed by atoms with van der Waals surface area (Å²) in [5.41, 5.74) is 0.725. The third-order valence-corrected chi connectivity index (χ3v) is 3.06. The highest BCUT2D eigenvalue weighted by Crippen LogP contribution is 2.27. The third kappa shape index (κ3) is 3.11. The fourth-order valence-corrected chi connectivity index (χ4v) is 2.05. The van der Waals surface area contributed by atoms with Gasteiger partial charge in [0.1, 0.15) is 0 Å². The molecule has 1 N–H and O–H groups in total. The Balaban J connectivity index is 2.34. The van der Waals surface area contributed by atoms with E-state index in [1.165, 1.54) is 12.1 Å². The van der Waals surface area contributed by atoms with E-state index in [0.717, 1.165) is 6.20 Å². The molecule has 0 atom stereocenters. The number of thioether (sulfide) groups is 1. The summed E-state index contributed by atoms with van der Waals surface area (Å²) in [6.07, 6.45) is 1.02. The molecule has 0 saturated heterocycles. The number of nitrogens with one attached hydrogen (secondary N) is 1. The fraction of sp³-hybridized carbons (Fsp3) is 0.0909. The van der Waals surface area contributed by atoms with Gasteiger partial charge in [0.05, 0.1) is 11.9 Å². The Bertz CT molecular complexity index is 596. The van der Waals surface area contributed by atoms with E-state index >= 15 is 0 Å². The topological polar surface area (TPSA) is 28.7 Å². The lowest BCUT2D eigenvalue weighted by atomic mass is 10.1. The van der Waals surface area contributed by atoms with Crippen LogP contribution in [0, 0.1) is 10.6 Å². The van der Waals surface area contributed by atoms with Gasteiger partial charge in [0.25, 0.3) is 5.76 Å². The maximum atomic E-state index is 13.5. The molecule has 1 aromatic carbocycles. The summed E-state index contributed by atoms with van der Waals surface area (Å²) < 4.78 is 37.9. The summed E-state index contributed by atoms with van der Waals surface area (Å²) in [7, 11) is 0. The molecule has 0 aliphatic rings. The van der Waals surface area contributed by atoms with Crippen LogP contribution in [0.1, 0.15) is 0 Å². The summed E-state index contributed by atoms with van der Waals surface area (Å²) >= 11 is 5.24. The average Bonchev–Trinajstić information content (AvgIpc) is 2.33. The van der Waals surface area contributed by atoms with Gasteiger partial charge in [-0.3, -0.25) is 0 Å². The highest BCUT2D eigenvalue weighted by atomic mass is 32.2. The van der Waals surface area contributed by atoms with E-state index in [9.17, 15) is 13.2 Å². The Hall–Kier alpha value is -1.34. The maximum Gasteiger partial charge on any atom is 0.288 e. The zero-order valence-corrected chi connectivity index (χ0v) is 10.5. The van der Waals surface area contributed by atoms with Crippen LogP contribution in [-0.4, -0.2) is 15.7 Å². The molecule has 0 aliphatic heterocycles. The molecule has 0 radical (unpaired) electrons. The van der Waals surface area contributed by atoms with Crippen molar-refractivity contribution in [2.24, 2.45) is 0 Å². The van der Waals surface area contributed by atoms with Crippen LogP contribution in [0.4, 0.5) is 13.2 Å². The highest BCUT2D eigenvalue weighted by molar-refractivity contribution is 7.99. The molecule has 0 saturated carbocycles. The number of nitrogens with zero attached hydrogens (tertiary/aromatic N) is 1. The number of aromatic nitrogens is 2. The normalized spacial score (nSPS) is 10.9. The van der Waals surface area contributed by atoms with Crippen LogP contribution in [0.2, 0.25) is 0 Å². The molecular formula is C11H7F3N2S2. The number of alkyl halides is 2. The Morgan fingerprint density at radius 3 is 2.50 bits per heavy atom. The second kappa shape index (κ2) is 5.53. The molecule has 2 nitrogen and oxygen atoms in total. The first-order chi connectivity index (χ1) is 8.56. The first-order valence-corrected chi connectivity index (χ1v) is 6.15. The minimum Gasteiger partial charge on any atom is -0.328 e. The lowest BCUT2D eigenvalue weighted by molar-refractivity contribution is 0.252. The minimum atomic E-state index is -2.47. The lowest BCUT2D eigenvalue weighted by Gasteiger charge is -2.05. The molecule has 7 heteroatoms. The van der Waals surface area contributed by atoms with Crippen LogP contribution < -0.4 is 0 Å². The predicted octanol–water partition coefficient (Wildman–Crippen LogP) is 4.26. The minimum absolute atomic E-state index is 0.164. The van der Waals surface area contributed by atoms with Crippen molar-refractivity contribution >= 4 is 24.0 Å². The van der Waals surface area contributed by atoms with Crippen molar-refractivity contribution in [1.82, 2.24) is 9.97 Å². The monoisotopic (exact) mass is 288 g/mol. The molecule has 0 fully saturated rings. The highest BCUT2D eigenvalue weighted by Gasteiger charge is 2.08. The van der Waals surface area contributed by atoms with Crippen molar-refractivity contribution in [2.75, 3.05) is 0 Å². The van der Waals surface area contributed by atoms with Gasteiger partial charge in [0.2, 0.25) is 0 Å². The van der Waals surface area contributed by atoms with Gasteiger partial charge in [-0.15, -0.1) is 0 Å². The summed E-state index contributed by atoms with van der Waals surface area (Å²) in [6.45, 7) is 0. The molecule has 0 bridgehead atoms. The predicted molar refractivity (Wildman–Crippen MR) is 66.7 cm³/mol. The summed E-state index contributed by atoms with van der Waals surface area (Å²) in [5.74, 6) is -3.02. The van der Waals surface area contributed by atoms with Crippen molar-refractivity contribution in [1.29, 1.82) is 0 Å². The molecule has 0 unspecified atom stereocenters. The van der Waals surface area contributed by atoms with Crippen LogP contribution in [0.3, 0.4) is 0 Å². The Morgan fingerprint density at radius 2 is 1.89 bits per heavy atom. The van der Waals surface area contributed by atoms with Crippen molar-refractivity contribution in [3.63, 3.8) is 0 Å². The van der Waals surface area contributed by atoms with Gasteiger partial charge in [0, 0.05) is 10.5 Å². The molecule has 1 aromatic heterocycles. The van der Waals surface area contributed by atoms with E-state index in [2.05, 4.69) is 9.97 Å². The van der Waals surface area contributed by atoms with Crippen molar-refractivity contribution < 1.29 is 13.2 Å². The van der Waals surface area contributed by atoms with Gasteiger partial charge in [-0.1, -0.05) is 23.9 Å². The molecule has 94 valence electrons. The van der Waals surface area contributed by atoms with Crippen LogP contribution in [0.25, 0.3) is 11.3 Å². The van der Waals surface area contributed by atoms with Crippen LogP contribution >= 0.6 is 24.0 Å². The molecule has 2 rings (SSSR count). The number of benzene rings is 1. The molecular weight excluding hydrogens is 281 g/mol. The van der Waals surface area contributed by atoms with Gasteiger partial charge < -0.3 is 4.98 Å². The van der Waals surface area contributed by atoms with Gasteiger partial charge >= 0.3 is 0 Å². The van der Waals surface area contributed by atoms with E-state index < -0.39 is 11.6 Å². The summed E-state index contributed by atoms with van der Waals surface area (Å²) in [5, 5.41) is 0. The summed E-state index contributed by atoms with van der Waals surface area (Å²) in [4.78, 5) is 6.65. The standard InChI is InChI=1S/C11H7F3N2S2/c12-8-5-15-11(17)16-9(8)6-1-3-7(4-2-6)18-10(13)14/h1-5,10H,(H,15,16,17). The number of hydrogen-bond donors (Lipinski definition) is 1. The zero-order valence-electron chi connectivity index (χ0n) is 8.86. The number of rotatable bonds is 3. The van der Waals surface area contributed by atoms with E-state index in [-0.39, 0.29) is 10.5 Å². The lowest BCUT2D eigenvalue weighted by Crippen LogP contribution is -1.92. The first-order valence-electron chi connectivity index (χ1n) is 4.86. The van der Waals surface area contributed by atoms with Crippen molar-refractivity contribution in [3.05, 3.63) is 41.1 Å². The van der Waals surface area contributed by atoms with Crippen molar-refractivity contribution in [3.8, 4) is 11.3 Å². The molecule has 1 heterocycles. The van der Waals surface area contributed by atoms with Gasteiger partial charge in [-0.2, -0.15) is 8.78 Å². The number of aromatic amines is 1. The quantitative estimate of drug-likeness (QED) is 0.676. The largest absolute Gasteiger partial charge is 0.328 e. The zero-order chi connectivity index (χ0) is 13.1. The van der Waals surface area contributed by atoms with Crippen LogP contribution in [0.5, 0.6) is 0 Å². The molecule has 0 aliphatic carbocycles. The van der Waals surface area contributed by atoms with E-state index in [4.69, 9.17) is 12.2 Å². The van der Waals surface area contributed by atoms with Gasteiger partial charge in [-0.05, 0) is 24.4 Å². The smallest absolute Gasteiger partial charge is 0.288 e. The molecule has 0 amide bonds. The first kappa shape index (κ1) is 13.1. The van der Waals surface area contributed by atoms with Gasteiger partial charge in [-0.25, -0.2) is 9.37 Å². The second-order valence-corrected chi connectivity index (χ2v) is 4.76. The molecule has 18 heavy (non-hydrogen) atoms. The van der Waals surface area contributed by atoms with E-state index in [1.54, 1.807) is 12.1 Å². The maximum absolute atomic E-state index is 13.5. The van der Waals surface area contributed by atoms with Gasteiger partial charge in [0.15, 0.2) is 10.6 Å². The van der Waals surface area contributed by atoms with Crippen LogP contribution in [-0.2, 0) is 0 Å². The number of halogens is 3. The van der Waals surface area contributed by atoms with Crippen LogP contribution in [0.15, 0.2) is 35.4 Å².